The van der Waals surface area contributed by atoms with Crippen LogP contribution in [0.1, 0.15) is 44.7 Å². The summed E-state index contributed by atoms with van der Waals surface area (Å²) in [5, 5.41) is 10.6. The predicted molar refractivity (Wildman–Crippen MR) is 87.4 cm³/mol. The molecule has 0 aliphatic carbocycles. The van der Waals surface area contributed by atoms with Crippen LogP contribution in [0, 0.1) is 5.92 Å². The number of aryl methyl sites for hydroxylation is 1. The number of benzene rings is 1. The van der Waals surface area contributed by atoms with Crippen LogP contribution in [0.2, 0.25) is 0 Å². The van der Waals surface area contributed by atoms with E-state index < -0.39 is 5.63 Å². The first kappa shape index (κ1) is 17.1. The standard InChI is InChI=1S/C18H22O5/c1-4-12-7-14-13(10-22-17(20)6-5-11(2)3)8-18(21)23-16(14)9-15(12)19/h7-9,11,19H,4-6,10H2,1-3H3. The maximum atomic E-state index is 11.8. The van der Waals surface area contributed by atoms with Crippen molar-refractivity contribution >= 4 is 16.9 Å². The first-order chi connectivity index (χ1) is 10.9. The molecular weight excluding hydrogens is 296 g/mol. The average molecular weight is 318 g/mol. The van der Waals surface area contributed by atoms with Crippen LogP contribution >= 0.6 is 0 Å². The van der Waals surface area contributed by atoms with Crippen LogP contribution < -0.4 is 5.63 Å². The summed E-state index contributed by atoms with van der Waals surface area (Å²) in [5.41, 5.74) is 1.09. The number of carbonyl (C=O) groups excluding carboxylic acids is 1. The first-order valence-corrected chi connectivity index (χ1v) is 7.85. The van der Waals surface area contributed by atoms with Crippen LogP contribution in [0.5, 0.6) is 5.75 Å². The van der Waals surface area contributed by atoms with E-state index in [4.69, 9.17) is 9.15 Å². The third-order valence-corrected chi connectivity index (χ3v) is 3.72. The molecule has 1 N–H and O–H groups in total. The van der Waals surface area contributed by atoms with Gasteiger partial charge in [0.2, 0.25) is 0 Å². The molecule has 0 spiro atoms. The predicted octanol–water partition coefficient (Wildman–Crippen LogP) is 3.54. The zero-order valence-corrected chi connectivity index (χ0v) is 13.7. The van der Waals surface area contributed by atoms with Gasteiger partial charge in [-0.3, -0.25) is 4.79 Å². The van der Waals surface area contributed by atoms with E-state index in [2.05, 4.69) is 0 Å². The molecule has 124 valence electrons. The Hall–Kier alpha value is -2.30. The highest BCUT2D eigenvalue weighted by molar-refractivity contribution is 5.83. The largest absolute Gasteiger partial charge is 0.508 e. The zero-order valence-electron chi connectivity index (χ0n) is 13.7. The fourth-order valence-corrected chi connectivity index (χ4v) is 2.35. The number of rotatable bonds is 6. The van der Waals surface area contributed by atoms with Crippen molar-refractivity contribution in [3.8, 4) is 5.75 Å². The van der Waals surface area contributed by atoms with Gasteiger partial charge >= 0.3 is 11.6 Å². The molecule has 0 atom stereocenters. The van der Waals surface area contributed by atoms with E-state index in [1.54, 1.807) is 6.07 Å². The quantitative estimate of drug-likeness (QED) is 0.651. The van der Waals surface area contributed by atoms with Crippen LogP contribution in [0.15, 0.2) is 27.4 Å². The van der Waals surface area contributed by atoms with Crippen LogP contribution in [0.4, 0.5) is 0 Å². The molecule has 5 heteroatoms. The molecule has 1 aromatic carbocycles. The highest BCUT2D eigenvalue weighted by Crippen LogP contribution is 2.27. The summed E-state index contributed by atoms with van der Waals surface area (Å²) in [6.45, 7) is 6.03. The molecule has 2 aromatic rings. The smallest absolute Gasteiger partial charge is 0.336 e. The van der Waals surface area contributed by atoms with E-state index in [9.17, 15) is 14.7 Å². The monoisotopic (exact) mass is 318 g/mol. The SMILES string of the molecule is CCc1cc2c(COC(=O)CCC(C)C)cc(=O)oc2cc1O. The molecule has 0 amide bonds. The summed E-state index contributed by atoms with van der Waals surface area (Å²) in [4.78, 5) is 23.4. The van der Waals surface area contributed by atoms with Crippen LogP contribution in [-0.2, 0) is 22.6 Å². The molecule has 0 unspecified atom stereocenters. The number of hydrogen-bond donors (Lipinski definition) is 1. The van der Waals surface area contributed by atoms with E-state index >= 15 is 0 Å². The fourth-order valence-electron chi connectivity index (χ4n) is 2.35. The number of hydrogen-bond acceptors (Lipinski definition) is 5. The number of phenols is 1. The van der Waals surface area contributed by atoms with Crippen molar-refractivity contribution in [1.82, 2.24) is 0 Å². The Labute approximate surface area is 134 Å². The maximum absolute atomic E-state index is 11.8. The lowest BCUT2D eigenvalue weighted by atomic mass is 10.0. The molecule has 5 nitrogen and oxygen atoms in total. The topological polar surface area (TPSA) is 76.7 Å². The maximum Gasteiger partial charge on any atom is 0.336 e. The van der Waals surface area contributed by atoms with Gasteiger partial charge in [0.15, 0.2) is 0 Å². The van der Waals surface area contributed by atoms with Crippen molar-refractivity contribution in [3.05, 3.63) is 39.7 Å². The number of fused-ring (bicyclic) bond motifs is 1. The van der Waals surface area contributed by atoms with Crippen molar-refractivity contribution in [2.45, 2.75) is 46.6 Å². The van der Waals surface area contributed by atoms with Crippen molar-refractivity contribution < 1.29 is 19.1 Å². The van der Waals surface area contributed by atoms with Crippen molar-refractivity contribution in [2.75, 3.05) is 0 Å². The van der Waals surface area contributed by atoms with E-state index in [0.29, 0.717) is 35.3 Å². The van der Waals surface area contributed by atoms with Crippen LogP contribution in [-0.4, -0.2) is 11.1 Å². The van der Waals surface area contributed by atoms with Crippen molar-refractivity contribution in [2.24, 2.45) is 5.92 Å². The molecule has 2 rings (SSSR count). The summed E-state index contributed by atoms with van der Waals surface area (Å²) in [6, 6.07) is 4.53. The van der Waals surface area contributed by atoms with Crippen molar-refractivity contribution in [1.29, 1.82) is 0 Å². The summed E-state index contributed by atoms with van der Waals surface area (Å²) in [6.07, 6.45) is 1.77. The Morgan fingerprint density at radius 2 is 2.00 bits per heavy atom. The molecule has 0 fully saturated rings. The average Bonchev–Trinajstić information content (AvgIpc) is 2.49. The molecule has 0 aliphatic heterocycles. The Kier molecular flexibility index (Phi) is 5.42. The number of carbonyl (C=O) groups is 1. The molecule has 0 bridgehead atoms. The van der Waals surface area contributed by atoms with Gasteiger partial charge in [0, 0.05) is 29.5 Å². The lowest BCUT2D eigenvalue weighted by molar-refractivity contribution is -0.145. The van der Waals surface area contributed by atoms with Gasteiger partial charge in [-0.15, -0.1) is 0 Å². The van der Waals surface area contributed by atoms with E-state index in [1.807, 2.05) is 20.8 Å². The van der Waals surface area contributed by atoms with E-state index in [-0.39, 0.29) is 18.3 Å². The summed E-state index contributed by atoms with van der Waals surface area (Å²) < 4.78 is 10.4. The highest BCUT2D eigenvalue weighted by Gasteiger charge is 2.12. The van der Waals surface area contributed by atoms with Crippen LogP contribution in [0.25, 0.3) is 11.0 Å². The second-order valence-electron chi connectivity index (χ2n) is 6.01. The summed E-state index contributed by atoms with van der Waals surface area (Å²) in [7, 11) is 0. The molecule has 0 radical (unpaired) electrons. The summed E-state index contributed by atoms with van der Waals surface area (Å²) >= 11 is 0. The van der Waals surface area contributed by atoms with Crippen LogP contribution in [0.3, 0.4) is 0 Å². The second-order valence-corrected chi connectivity index (χ2v) is 6.01. The Balaban J connectivity index is 2.25. The first-order valence-electron chi connectivity index (χ1n) is 7.85. The second kappa shape index (κ2) is 7.31. The number of phenolic OH excluding ortho intramolecular Hbond substituents is 1. The molecule has 23 heavy (non-hydrogen) atoms. The third kappa shape index (κ3) is 4.34. The number of aromatic hydroxyl groups is 1. The molecule has 0 saturated carbocycles. The zero-order chi connectivity index (χ0) is 17.0. The fraction of sp³-hybridized carbons (Fsp3) is 0.444. The van der Waals surface area contributed by atoms with E-state index in [0.717, 1.165) is 12.0 Å². The third-order valence-electron chi connectivity index (χ3n) is 3.72. The Morgan fingerprint density at radius 1 is 1.26 bits per heavy atom. The summed E-state index contributed by atoms with van der Waals surface area (Å²) in [5.74, 6) is 0.242. The van der Waals surface area contributed by atoms with E-state index in [1.165, 1.54) is 12.1 Å². The highest BCUT2D eigenvalue weighted by atomic mass is 16.5. The van der Waals surface area contributed by atoms with Gasteiger partial charge in [0.25, 0.3) is 0 Å². The molecule has 1 aromatic heterocycles. The van der Waals surface area contributed by atoms with Gasteiger partial charge in [0.1, 0.15) is 17.9 Å². The molecule has 0 aliphatic rings. The Bertz CT molecular complexity index is 758. The van der Waals surface area contributed by atoms with Gasteiger partial charge < -0.3 is 14.3 Å². The minimum absolute atomic E-state index is 0.0208. The number of esters is 1. The molecule has 1 heterocycles. The minimum Gasteiger partial charge on any atom is -0.508 e. The normalized spacial score (nSPS) is 11.1. The van der Waals surface area contributed by atoms with Gasteiger partial charge in [-0.1, -0.05) is 20.8 Å². The molecular formula is C18H22O5. The van der Waals surface area contributed by atoms with Gasteiger partial charge in [-0.05, 0) is 30.4 Å². The lowest BCUT2D eigenvalue weighted by Gasteiger charge is -2.10. The van der Waals surface area contributed by atoms with Gasteiger partial charge in [-0.25, -0.2) is 4.79 Å². The lowest BCUT2D eigenvalue weighted by Crippen LogP contribution is -2.08. The minimum atomic E-state index is -0.533. The molecule has 0 saturated heterocycles. The van der Waals surface area contributed by atoms with Crippen molar-refractivity contribution in [3.63, 3.8) is 0 Å². The van der Waals surface area contributed by atoms with Gasteiger partial charge in [0.05, 0.1) is 0 Å². The van der Waals surface area contributed by atoms with Gasteiger partial charge in [-0.2, -0.15) is 0 Å². The number of ether oxygens (including phenoxy) is 1. The Morgan fingerprint density at radius 3 is 2.65 bits per heavy atom.